The molecule has 0 aromatic heterocycles. The molecule has 0 aromatic rings. The summed E-state index contributed by atoms with van der Waals surface area (Å²) in [6.07, 6.45) is 0. The van der Waals surface area contributed by atoms with E-state index in [2.05, 4.69) is 126 Å². The van der Waals surface area contributed by atoms with Crippen molar-refractivity contribution in [3.8, 4) is 0 Å². The molecule has 1 nitrogen and oxygen atoms in total. The summed E-state index contributed by atoms with van der Waals surface area (Å²) >= 11 is 5.16. The third kappa shape index (κ3) is 4.63. The molecule has 0 rings (SSSR count). The van der Waals surface area contributed by atoms with Crippen LogP contribution in [0.1, 0.15) is 83.1 Å². The molecule has 0 atom stereocenters. The van der Waals surface area contributed by atoms with E-state index in [4.69, 9.17) is 4.52 Å². The first-order chi connectivity index (χ1) is 8.71. The van der Waals surface area contributed by atoms with Crippen LogP contribution in [-0.4, -0.2) is 41.9 Å². The summed E-state index contributed by atoms with van der Waals surface area (Å²) in [5.74, 6) is 0. The van der Waals surface area contributed by atoms with Gasteiger partial charge in [-0.15, -0.1) is 0 Å². The molecule has 0 aromatic carbocycles. The van der Waals surface area contributed by atoms with Crippen molar-refractivity contribution in [3.63, 3.8) is 0 Å². The molecule has 0 bridgehead atoms. The second-order valence-electron chi connectivity index (χ2n) is 9.91. The zero-order valence-electron chi connectivity index (χ0n) is 16.1. The predicted octanol–water partition coefficient (Wildman–Crippen LogP) is 7.75. The van der Waals surface area contributed by atoms with Gasteiger partial charge in [0.1, 0.15) is 0 Å². The van der Waals surface area contributed by atoms with E-state index in [1.165, 1.54) is 0 Å². The van der Waals surface area contributed by atoms with Gasteiger partial charge in [-0.3, -0.25) is 0 Å². The van der Waals surface area contributed by atoms with E-state index >= 15 is 0 Å². The molecule has 0 fully saturated rings. The summed E-state index contributed by atoms with van der Waals surface area (Å²) in [5.41, 5.74) is 0. The van der Waals surface area contributed by atoms with Crippen molar-refractivity contribution in [2.24, 2.45) is 4.52 Å². The van der Waals surface area contributed by atoms with Crippen molar-refractivity contribution in [1.29, 1.82) is 0 Å². The normalized spacial score (nSPS) is 16.0. The van der Waals surface area contributed by atoms with Crippen molar-refractivity contribution in [1.82, 2.24) is 0 Å². The summed E-state index contributed by atoms with van der Waals surface area (Å²) in [7, 11) is 0. The third-order valence-electron chi connectivity index (χ3n) is 3.85. The van der Waals surface area contributed by atoms with Gasteiger partial charge in [-0.1, -0.05) is 0 Å². The van der Waals surface area contributed by atoms with Gasteiger partial charge < -0.3 is 0 Å². The molecule has 0 saturated carbocycles. The van der Waals surface area contributed by atoms with Gasteiger partial charge in [0.25, 0.3) is 0 Å². The molecule has 0 unspecified atom stereocenters. The van der Waals surface area contributed by atoms with E-state index < -0.39 is 9.34 Å². The van der Waals surface area contributed by atoms with Crippen LogP contribution < -0.4 is 0 Å². The standard InChI is InChI=1S/C16H36INP2Te/c1-13(2,3)19(17,14(4,5)6)18-20(21,15(7,8)9)16(10,11)12/h1-12H3. The van der Waals surface area contributed by atoms with Crippen LogP contribution in [0.25, 0.3) is 0 Å². The Labute approximate surface area is 159 Å². The maximum atomic E-state index is 5.84. The Bertz CT molecular complexity index is 446. The topological polar surface area (TPSA) is 12.4 Å². The van der Waals surface area contributed by atoms with Gasteiger partial charge in [0.15, 0.2) is 0 Å². The van der Waals surface area contributed by atoms with E-state index in [-0.39, 0.29) is 20.6 Å². The van der Waals surface area contributed by atoms with Crippen molar-refractivity contribution in [2.75, 3.05) is 0 Å². The third-order valence-corrected chi connectivity index (χ3v) is 34.7. The van der Waals surface area contributed by atoms with E-state index in [1.54, 1.807) is 0 Å². The number of hydrogen-bond acceptors (Lipinski definition) is 1. The van der Waals surface area contributed by atoms with Crippen LogP contribution in [0.4, 0.5) is 0 Å². The molecule has 0 aliphatic rings. The summed E-state index contributed by atoms with van der Waals surface area (Å²) < 4.78 is 2.86. The number of hydrogen-bond donors (Lipinski definition) is 0. The summed E-state index contributed by atoms with van der Waals surface area (Å²) in [5, 5.41) is 0.988. The molecule has 0 saturated heterocycles. The van der Waals surface area contributed by atoms with Crippen molar-refractivity contribution < 1.29 is 0 Å². The first-order valence-corrected chi connectivity index (χ1v) is 17.0. The Morgan fingerprint density at radius 1 is 0.619 bits per heavy atom. The predicted molar refractivity (Wildman–Crippen MR) is 115 cm³/mol. The molecular weight excluding hydrogens is 523 g/mol. The van der Waals surface area contributed by atoms with Crippen LogP contribution in [0.3, 0.4) is 0 Å². The Hall–Kier alpha value is 2.18. The number of nitrogens with zero attached hydrogens (tertiary/aromatic N) is 1. The molecule has 0 radical (unpaired) electrons. The second kappa shape index (κ2) is 6.48. The van der Waals surface area contributed by atoms with Gasteiger partial charge >= 0.3 is 161 Å². The number of halogens is 1. The average molecular weight is 559 g/mol. The first kappa shape index (κ1) is 23.2. The van der Waals surface area contributed by atoms with E-state index in [1.807, 2.05) is 0 Å². The molecule has 0 spiro atoms. The minimum atomic E-state index is -1.50. The average Bonchev–Trinajstić information content (AvgIpc) is 2.09. The van der Waals surface area contributed by atoms with E-state index in [0.717, 1.165) is 0 Å². The van der Waals surface area contributed by atoms with Gasteiger partial charge in [0.05, 0.1) is 0 Å². The van der Waals surface area contributed by atoms with Crippen molar-refractivity contribution in [2.45, 2.75) is 104 Å². The zero-order chi connectivity index (χ0) is 17.7. The molecular formula is C16H36INP2Te. The molecule has 0 amide bonds. The zero-order valence-corrected chi connectivity index (χ0v) is 22.4. The Morgan fingerprint density at radius 3 is 1.00 bits per heavy atom. The molecule has 5 heteroatoms. The molecule has 0 N–H and O–H groups in total. The fourth-order valence-corrected chi connectivity index (χ4v) is 21.5. The van der Waals surface area contributed by atoms with Gasteiger partial charge in [-0.05, 0) is 0 Å². The molecule has 128 valence electrons. The van der Waals surface area contributed by atoms with E-state index in [0.29, 0.717) is 0 Å². The van der Waals surface area contributed by atoms with Gasteiger partial charge in [-0.25, -0.2) is 0 Å². The SMILES string of the molecule is CC(C)(C)P(=[Te])(N=P(I)(C(C)(C)C)C(C)(C)C)C(C)(C)C. The fourth-order valence-electron chi connectivity index (χ4n) is 2.72. The number of rotatable bonds is 1. The summed E-state index contributed by atoms with van der Waals surface area (Å²) in [6.45, 7) is 28.7. The van der Waals surface area contributed by atoms with Crippen LogP contribution in [0.2, 0.25) is 0 Å². The van der Waals surface area contributed by atoms with Crippen molar-refractivity contribution in [3.05, 3.63) is 0 Å². The van der Waals surface area contributed by atoms with Gasteiger partial charge in [0, 0.05) is 0 Å². The molecule has 0 aliphatic carbocycles. The summed E-state index contributed by atoms with van der Waals surface area (Å²) in [6, 6.07) is 0. The monoisotopic (exact) mass is 561 g/mol. The van der Waals surface area contributed by atoms with Crippen LogP contribution in [0, 0.1) is 0 Å². The Kier molecular flexibility index (Phi) is 7.15. The van der Waals surface area contributed by atoms with Crippen molar-refractivity contribution >= 4 is 52.6 Å². The van der Waals surface area contributed by atoms with Crippen LogP contribution in [-0.2, 0) is 0 Å². The van der Waals surface area contributed by atoms with Gasteiger partial charge in [-0.2, -0.15) is 0 Å². The van der Waals surface area contributed by atoms with Crippen LogP contribution in [0.15, 0.2) is 4.52 Å². The molecule has 0 aliphatic heterocycles. The van der Waals surface area contributed by atoms with E-state index in [9.17, 15) is 0 Å². The summed E-state index contributed by atoms with van der Waals surface area (Å²) in [4.78, 5) is 0. The minimum absolute atomic E-state index is 0.241. The quantitative estimate of drug-likeness (QED) is 0.177. The Balaban J connectivity index is 6.80. The second-order valence-corrected chi connectivity index (χ2v) is 27.0. The molecule has 0 heterocycles. The van der Waals surface area contributed by atoms with Gasteiger partial charge in [0.2, 0.25) is 0 Å². The van der Waals surface area contributed by atoms with Crippen LogP contribution >= 0.6 is 31.4 Å². The maximum absolute atomic E-state index is 5.84. The molecule has 21 heavy (non-hydrogen) atoms. The first-order valence-electron chi connectivity index (χ1n) is 7.65. The fraction of sp³-hybridized carbons (Fsp3) is 1.00. The Morgan fingerprint density at radius 2 is 0.857 bits per heavy atom. The van der Waals surface area contributed by atoms with Crippen LogP contribution in [0.5, 0.6) is 0 Å².